The molecule has 0 aliphatic heterocycles. The number of nitrogens with zero attached hydrogens (tertiary/aromatic N) is 1. The van der Waals surface area contributed by atoms with Crippen molar-refractivity contribution < 1.29 is 23.2 Å². The second-order valence-corrected chi connectivity index (χ2v) is 6.14. The summed E-state index contributed by atoms with van der Waals surface area (Å²) in [6, 6.07) is 6.42. The van der Waals surface area contributed by atoms with E-state index in [1.54, 1.807) is 0 Å². The molecular weight excluding hydrogens is 346 g/mol. The van der Waals surface area contributed by atoms with Gasteiger partial charge >= 0.3 is 11.8 Å². The number of carbonyl (C=O) groups is 3. The summed E-state index contributed by atoms with van der Waals surface area (Å²) in [6.07, 6.45) is 0.140. The first-order chi connectivity index (χ1) is 12.0. The summed E-state index contributed by atoms with van der Waals surface area (Å²) in [7, 11) is 0. The second-order valence-electron chi connectivity index (χ2n) is 6.14. The topological polar surface area (TPSA) is 128 Å². The van der Waals surface area contributed by atoms with Crippen LogP contribution in [-0.4, -0.2) is 35.5 Å². The predicted octanol–water partition coefficient (Wildman–Crippen LogP) is 0.865. The predicted molar refractivity (Wildman–Crippen MR) is 92.5 cm³/mol. The molecule has 0 fully saturated rings. The average Bonchev–Trinajstić information content (AvgIpc) is 2.58. The van der Waals surface area contributed by atoms with E-state index in [2.05, 4.69) is 10.3 Å². The minimum Gasteiger partial charge on any atom is -0.368 e. The first-order valence-corrected chi connectivity index (χ1v) is 7.90. The molecular formula is C17H22F2N4O3. The maximum absolute atomic E-state index is 14.3. The Balaban J connectivity index is 3.12. The summed E-state index contributed by atoms with van der Waals surface area (Å²) in [5.74, 6) is -7.43. The Morgan fingerprint density at radius 1 is 1.15 bits per heavy atom. The summed E-state index contributed by atoms with van der Waals surface area (Å²) in [4.78, 5) is 38.9. The van der Waals surface area contributed by atoms with Gasteiger partial charge in [-0.3, -0.25) is 14.4 Å². The van der Waals surface area contributed by atoms with Crippen molar-refractivity contribution in [1.82, 2.24) is 5.32 Å². The van der Waals surface area contributed by atoms with Crippen LogP contribution in [-0.2, 0) is 20.3 Å². The molecule has 0 aromatic heterocycles. The van der Waals surface area contributed by atoms with E-state index in [4.69, 9.17) is 11.5 Å². The molecule has 0 atom stereocenters. The monoisotopic (exact) mass is 368 g/mol. The summed E-state index contributed by atoms with van der Waals surface area (Å²) < 4.78 is 28.5. The largest absolute Gasteiger partial charge is 0.368 e. The van der Waals surface area contributed by atoms with E-state index in [-0.39, 0.29) is 19.4 Å². The Morgan fingerprint density at radius 3 is 2.23 bits per heavy atom. The van der Waals surface area contributed by atoms with Crippen LogP contribution in [0.15, 0.2) is 35.3 Å². The number of primary amides is 1. The fourth-order valence-corrected chi connectivity index (χ4v) is 1.87. The molecule has 1 aromatic carbocycles. The lowest BCUT2D eigenvalue weighted by Crippen LogP contribution is -2.54. The maximum atomic E-state index is 14.3. The molecule has 0 bridgehead atoms. The number of hydrogen-bond donors (Lipinski definition) is 3. The van der Waals surface area contributed by atoms with Gasteiger partial charge in [0, 0.05) is 5.56 Å². The number of alkyl halides is 2. The number of hydrogen-bond acceptors (Lipinski definition) is 4. The molecule has 142 valence electrons. The summed E-state index contributed by atoms with van der Waals surface area (Å²) in [5, 5.41) is 2.28. The van der Waals surface area contributed by atoms with E-state index in [0.29, 0.717) is 0 Å². The highest BCUT2D eigenvalue weighted by Gasteiger charge is 2.41. The van der Waals surface area contributed by atoms with Crippen molar-refractivity contribution in [2.45, 2.75) is 38.2 Å². The second kappa shape index (κ2) is 8.61. The van der Waals surface area contributed by atoms with Crippen LogP contribution >= 0.6 is 0 Å². The normalized spacial score (nSPS) is 12.6. The smallest absolute Gasteiger partial charge is 0.352 e. The van der Waals surface area contributed by atoms with Crippen molar-refractivity contribution in [1.29, 1.82) is 0 Å². The number of halogens is 2. The molecule has 0 spiro atoms. The van der Waals surface area contributed by atoms with Crippen LogP contribution in [0.2, 0.25) is 0 Å². The Bertz CT molecular complexity index is 703. The molecule has 7 nitrogen and oxygen atoms in total. The van der Waals surface area contributed by atoms with Gasteiger partial charge in [0.2, 0.25) is 5.91 Å². The number of rotatable bonds is 8. The van der Waals surface area contributed by atoms with E-state index in [9.17, 15) is 23.2 Å². The third-order valence-electron chi connectivity index (χ3n) is 3.56. The van der Waals surface area contributed by atoms with Crippen LogP contribution in [0.5, 0.6) is 0 Å². The Labute approximate surface area is 149 Å². The van der Waals surface area contributed by atoms with Gasteiger partial charge in [0.05, 0.1) is 0 Å². The number of amides is 3. The lowest BCUT2D eigenvalue weighted by atomic mass is 10.0. The van der Waals surface area contributed by atoms with Crippen molar-refractivity contribution in [3.05, 3.63) is 35.9 Å². The van der Waals surface area contributed by atoms with E-state index in [1.165, 1.54) is 32.0 Å². The Kier molecular flexibility index (Phi) is 7.08. The summed E-state index contributed by atoms with van der Waals surface area (Å²) in [5.41, 5.74) is 8.12. The van der Waals surface area contributed by atoms with Crippen LogP contribution in [0, 0.1) is 0 Å². The van der Waals surface area contributed by atoms with Gasteiger partial charge in [-0.25, -0.2) is 4.99 Å². The number of nitrogens with two attached hydrogens (primary N) is 2. The van der Waals surface area contributed by atoms with Crippen LogP contribution in [0.3, 0.4) is 0 Å². The number of benzene rings is 1. The van der Waals surface area contributed by atoms with Crippen molar-refractivity contribution in [3.8, 4) is 0 Å². The number of carbonyl (C=O) groups excluding carboxylic acids is 3. The van der Waals surface area contributed by atoms with Gasteiger partial charge in [0.1, 0.15) is 11.3 Å². The van der Waals surface area contributed by atoms with Gasteiger partial charge in [-0.05, 0) is 33.2 Å². The molecule has 0 radical (unpaired) electrons. The number of aliphatic imine (C=N–C) groups is 1. The van der Waals surface area contributed by atoms with Crippen LogP contribution < -0.4 is 16.8 Å². The third-order valence-corrected chi connectivity index (χ3v) is 3.56. The zero-order valence-electron chi connectivity index (χ0n) is 14.6. The van der Waals surface area contributed by atoms with Crippen molar-refractivity contribution in [3.63, 3.8) is 0 Å². The molecule has 26 heavy (non-hydrogen) atoms. The van der Waals surface area contributed by atoms with Gasteiger partial charge in [-0.2, -0.15) is 8.78 Å². The van der Waals surface area contributed by atoms with Crippen LogP contribution in [0.1, 0.15) is 32.3 Å². The molecule has 0 aliphatic carbocycles. The highest BCUT2D eigenvalue weighted by Crippen LogP contribution is 2.29. The molecule has 0 unspecified atom stereocenters. The van der Waals surface area contributed by atoms with E-state index < -0.39 is 40.5 Å². The van der Waals surface area contributed by atoms with Gasteiger partial charge in [0.15, 0.2) is 0 Å². The van der Waals surface area contributed by atoms with Crippen LogP contribution in [0.25, 0.3) is 0 Å². The minimum absolute atomic E-state index is 0.103. The molecule has 0 saturated carbocycles. The highest BCUT2D eigenvalue weighted by atomic mass is 19.3. The van der Waals surface area contributed by atoms with Crippen molar-refractivity contribution in [2.24, 2.45) is 16.5 Å². The standard InChI is InChI=1S/C17H22F2N4O3/c1-16(2,14(21)25)23-13(24)12(9-6-10-20)22-15(26)17(18,19)11-7-4-3-5-8-11/h3-5,7-8H,6,9-10,20H2,1-2H3,(H2,21,25)(H,23,24). The molecule has 0 heterocycles. The molecule has 0 saturated heterocycles. The van der Waals surface area contributed by atoms with Gasteiger partial charge in [-0.15, -0.1) is 0 Å². The van der Waals surface area contributed by atoms with Gasteiger partial charge < -0.3 is 16.8 Å². The van der Waals surface area contributed by atoms with Crippen molar-refractivity contribution in [2.75, 3.05) is 6.54 Å². The fraction of sp³-hybridized carbons (Fsp3) is 0.412. The van der Waals surface area contributed by atoms with E-state index in [1.807, 2.05) is 0 Å². The van der Waals surface area contributed by atoms with E-state index >= 15 is 0 Å². The lowest BCUT2D eigenvalue weighted by molar-refractivity contribution is -0.143. The Morgan fingerprint density at radius 2 is 1.73 bits per heavy atom. The highest BCUT2D eigenvalue weighted by molar-refractivity contribution is 6.41. The molecule has 5 N–H and O–H groups in total. The molecule has 0 aliphatic rings. The first kappa shape index (κ1) is 21.4. The molecule has 3 amide bonds. The lowest BCUT2D eigenvalue weighted by Gasteiger charge is -2.22. The van der Waals surface area contributed by atoms with Crippen molar-refractivity contribution >= 4 is 23.4 Å². The van der Waals surface area contributed by atoms with Crippen LogP contribution in [0.4, 0.5) is 8.78 Å². The number of nitrogens with one attached hydrogen (secondary N) is 1. The first-order valence-electron chi connectivity index (χ1n) is 7.90. The molecule has 9 heteroatoms. The maximum Gasteiger partial charge on any atom is 0.352 e. The third kappa shape index (κ3) is 5.41. The van der Waals surface area contributed by atoms with E-state index in [0.717, 1.165) is 12.1 Å². The SMILES string of the molecule is CC(C)(NC(=O)C(CCCN)=NC(=O)C(F)(F)c1ccccc1)C(N)=O. The Hall–Kier alpha value is -2.68. The zero-order valence-corrected chi connectivity index (χ0v) is 14.6. The quantitative estimate of drug-likeness (QED) is 0.588. The zero-order chi connectivity index (χ0) is 20.0. The molecule has 1 rings (SSSR count). The average molecular weight is 368 g/mol. The molecule has 1 aromatic rings. The minimum atomic E-state index is -3.89. The van der Waals surface area contributed by atoms with Gasteiger partial charge in [0.25, 0.3) is 5.91 Å². The summed E-state index contributed by atoms with van der Waals surface area (Å²) >= 11 is 0. The summed E-state index contributed by atoms with van der Waals surface area (Å²) in [6.45, 7) is 2.84. The fourth-order valence-electron chi connectivity index (χ4n) is 1.87. The van der Waals surface area contributed by atoms with Gasteiger partial charge in [-0.1, -0.05) is 30.3 Å².